The van der Waals surface area contributed by atoms with Gasteiger partial charge in [0.05, 0.1) is 10.6 Å². The Morgan fingerprint density at radius 1 is 1.23 bits per heavy atom. The molecule has 1 saturated heterocycles. The summed E-state index contributed by atoms with van der Waals surface area (Å²) in [7, 11) is 0. The second-order valence-corrected chi connectivity index (χ2v) is 6.87. The number of nitrogens with zero attached hydrogens (tertiary/aromatic N) is 3. The van der Waals surface area contributed by atoms with Gasteiger partial charge in [-0.1, -0.05) is 52.7 Å². The monoisotopic (exact) mass is 367 g/mol. The van der Waals surface area contributed by atoms with E-state index in [9.17, 15) is 4.79 Å². The molecule has 4 rings (SSSR count). The van der Waals surface area contributed by atoms with Gasteiger partial charge in [-0.3, -0.25) is 4.79 Å². The number of aryl methyl sites for hydroxylation is 1. The molecule has 26 heavy (non-hydrogen) atoms. The van der Waals surface area contributed by atoms with Crippen molar-refractivity contribution in [1.29, 1.82) is 0 Å². The Hall–Kier alpha value is -2.66. The molecule has 0 bridgehead atoms. The Labute approximate surface area is 156 Å². The first-order valence-electron chi connectivity index (χ1n) is 8.59. The van der Waals surface area contributed by atoms with E-state index in [0.717, 1.165) is 24.0 Å². The smallest absolute Gasteiger partial charge is 0.256 e. The Bertz CT molecular complexity index is 953. The fourth-order valence-electron chi connectivity index (χ4n) is 3.33. The van der Waals surface area contributed by atoms with Crippen LogP contribution in [-0.4, -0.2) is 27.5 Å². The van der Waals surface area contributed by atoms with Crippen LogP contribution < -0.4 is 0 Å². The van der Waals surface area contributed by atoms with E-state index in [4.69, 9.17) is 16.1 Å². The number of hydrogen-bond donors (Lipinski definition) is 0. The number of halogens is 1. The average Bonchev–Trinajstić information content (AvgIpc) is 3.31. The topological polar surface area (TPSA) is 59.2 Å². The van der Waals surface area contributed by atoms with Crippen LogP contribution in [0.15, 0.2) is 53.1 Å². The van der Waals surface area contributed by atoms with Crippen LogP contribution in [0, 0.1) is 6.92 Å². The van der Waals surface area contributed by atoms with E-state index >= 15 is 0 Å². The molecule has 0 aliphatic carbocycles. The number of carbonyl (C=O) groups is 1. The Balaban J connectivity index is 1.61. The van der Waals surface area contributed by atoms with Crippen molar-refractivity contribution in [2.45, 2.75) is 25.8 Å². The molecular formula is C20H18ClN3O2. The van der Waals surface area contributed by atoms with Crippen LogP contribution in [0.3, 0.4) is 0 Å². The molecule has 2 aromatic carbocycles. The summed E-state index contributed by atoms with van der Waals surface area (Å²) in [6.07, 6.45) is 1.69. The second-order valence-electron chi connectivity index (χ2n) is 6.46. The van der Waals surface area contributed by atoms with Crippen molar-refractivity contribution in [1.82, 2.24) is 15.0 Å². The Morgan fingerprint density at radius 3 is 2.88 bits per heavy atom. The second kappa shape index (κ2) is 6.92. The number of rotatable bonds is 3. The maximum absolute atomic E-state index is 12.9. The van der Waals surface area contributed by atoms with E-state index in [-0.39, 0.29) is 11.9 Å². The fourth-order valence-corrected chi connectivity index (χ4v) is 3.54. The lowest BCUT2D eigenvalue weighted by atomic mass is 10.1. The molecule has 1 aliphatic rings. The third kappa shape index (κ3) is 3.10. The van der Waals surface area contributed by atoms with Crippen molar-refractivity contribution >= 4 is 17.5 Å². The van der Waals surface area contributed by atoms with Crippen LogP contribution in [0.25, 0.3) is 11.4 Å². The van der Waals surface area contributed by atoms with E-state index in [1.54, 1.807) is 17.0 Å². The SMILES string of the molecule is Cc1cccc(-c2noc([C@H]3CCCN3C(=O)c3ccccc3Cl)n2)c1. The molecule has 1 fully saturated rings. The quantitative estimate of drug-likeness (QED) is 0.674. The highest BCUT2D eigenvalue weighted by Gasteiger charge is 2.35. The van der Waals surface area contributed by atoms with Gasteiger partial charge < -0.3 is 9.42 Å². The summed E-state index contributed by atoms with van der Waals surface area (Å²) < 4.78 is 5.50. The minimum Gasteiger partial charge on any atom is -0.337 e. The van der Waals surface area contributed by atoms with Gasteiger partial charge in [-0.2, -0.15) is 4.98 Å². The van der Waals surface area contributed by atoms with Gasteiger partial charge in [0.2, 0.25) is 11.7 Å². The lowest BCUT2D eigenvalue weighted by molar-refractivity contribution is 0.0710. The lowest BCUT2D eigenvalue weighted by Gasteiger charge is -2.22. The van der Waals surface area contributed by atoms with Gasteiger partial charge >= 0.3 is 0 Å². The van der Waals surface area contributed by atoms with E-state index in [1.807, 2.05) is 43.3 Å². The number of hydrogen-bond acceptors (Lipinski definition) is 4. The van der Waals surface area contributed by atoms with Gasteiger partial charge in [0.1, 0.15) is 6.04 Å². The minimum absolute atomic E-state index is 0.103. The highest BCUT2D eigenvalue weighted by atomic mass is 35.5. The molecule has 0 N–H and O–H groups in total. The minimum atomic E-state index is -0.218. The molecule has 6 heteroatoms. The summed E-state index contributed by atoms with van der Waals surface area (Å²) in [4.78, 5) is 19.2. The molecule has 2 heterocycles. The zero-order valence-electron chi connectivity index (χ0n) is 14.4. The van der Waals surface area contributed by atoms with Crippen molar-refractivity contribution in [3.8, 4) is 11.4 Å². The molecule has 0 spiro atoms. The summed E-state index contributed by atoms with van der Waals surface area (Å²) in [5, 5.41) is 4.56. The fraction of sp³-hybridized carbons (Fsp3) is 0.250. The van der Waals surface area contributed by atoms with Crippen molar-refractivity contribution < 1.29 is 9.32 Å². The van der Waals surface area contributed by atoms with Gasteiger partial charge in [-0.15, -0.1) is 0 Å². The van der Waals surface area contributed by atoms with E-state index in [1.165, 1.54) is 0 Å². The van der Waals surface area contributed by atoms with E-state index in [2.05, 4.69) is 10.1 Å². The average molecular weight is 368 g/mol. The van der Waals surface area contributed by atoms with Gasteiger partial charge in [0, 0.05) is 12.1 Å². The molecule has 0 unspecified atom stereocenters. The largest absolute Gasteiger partial charge is 0.337 e. The van der Waals surface area contributed by atoms with Crippen LogP contribution in [-0.2, 0) is 0 Å². The maximum atomic E-state index is 12.9. The Kier molecular flexibility index (Phi) is 4.47. The highest BCUT2D eigenvalue weighted by molar-refractivity contribution is 6.33. The van der Waals surface area contributed by atoms with Crippen LogP contribution >= 0.6 is 11.6 Å². The summed E-state index contributed by atoms with van der Waals surface area (Å²) >= 11 is 6.19. The predicted octanol–water partition coefficient (Wildman–Crippen LogP) is 4.68. The van der Waals surface area contributed by atoms with E-state index in [0.29, 0.717) is 28.8 Å². The van der Waals surface area contributed by atoms with Crippen LogP contribution in [0.4, 0.5) is 0 Å². The molecule has 132 valence electrons. The molecular weight excluding hydrogens is 350 g/mol. The lowest BCUT2D eigenvalue weighted by Crippen LogP contribution is -2.30. The number of carbonyl (C=O) groups excluding carboxylic acids is 1. The van der Waals surface area contributed by atoms with Crippen molar-refractivity contribution in [2.24, 2.45) is 0 Å². The van der Waals surface area contributed by atoms with Crippen LogP contribution in [0.5, 0.6) is 0 Å². The number of benzene rings is 2. The van der Waals surface area contributed by atoms with Gasteiger partial charge in [-0.05, 0) is 38.0 Å². The zero-order chi connectivity index (χ0) is 18.1. The third-order valence-electron chi connectivity index (χ3n) is 4.62. The van der Waals surface area contributed by atoms with Crippen LogP contribution in [0.2, 0.25) is 5.02 Å². The molecule has 1 aromatic heterocycles. The molecule has 1 atom stereocenters. The van der Waals surface area contributed by atoms with Crippen molar-refractivity contribution in [3.05, 3.63) is 70.6 Å². The van der Waals surface area contributed by atoms with E-state index < -0.39 is 0 Å². The summed E-state index contributed by atoms with van der Waals surface area (Å²) in [6, 6.07) is 14.8. The van der Waals surface area contributed by atoms with Crippen molar-refractivity contribution in [2.75, 3.05) is 6.54 Å². The maximum Gasteiger partial charge on any atom is 0.256 e. The molecule has 5 nitrogen and oxygen atoms in total. The summed E-state index contributed by atoms with van der Waals surface area (Å²) in [6.45, 7) is 2.67. The molecule has 1 aliphatic heterocycles. The molecule has 0 radical (unpaired) electrons. The first-order chi connectivity index (χ1) is 12.6. The van der Waals surface area contributed by atoms with Crippen molar-refractivity contribution in [3.63, 3.8) is 0 Å². The highest BCUT2D eigenvalue weighted by Crippen LogP contribution is 2.34. The number of likely N-dealkylation sites (tertiary alicyclic amines) is 1. The van der Waals surface area contributed by atoms with Gasteiger partial charge in [0.15, 0.2) is 0 Å². The number of amides is 1. The third-order valence-corrected chi connectivity index (χ3v) is 4.95. The molecule has 3 aromatic rings. The standard InChI is InChI=1S/C20H18ClN3O2/c1-13-6-4-7-14(12-13)18-22-19(26-23-18)17-10-5-11-24(17)20(25)15-8-2-3-9-16(15)21/h2-4,6-9,12,17H,5,10-11H2,1H3/t17-/m1/s1. The normalized spacial score (nSPS) is 16.8. The zero-order valence-corrected chi connectivity index (χ0v) is 15.1. The van der Waals surface area contributed by atoms with Gasteiger partial charge in [0.25, 0.3) is 5.91 Å². The van der Waals surface area contributed by atoms with Gasteiger partial charge in [-0.25, -0.2) is 0 Å². The first kappa shape index (κ1) is 16.8. The molecule has 0 saturated carbocycles. The predicted molar refractivity (Wildman–Crippen MR) is 98.9 cm³/mol. The summed E-state index contributed by atoms with van der Waals surface area (Å²) in [5.41, 5.74) is 2.53. The summed E-state index contributed by atoms with van der Waals surface area (Å²) in [5.74, 6) is 0.911. The number of aromatic nitrogens is 2. The van der Waals surface area contributed by atoms with Crippen LogP contribution in [0.1, 0.15) is 40.7 Å². The first-order valence-corrected chi connectivity index (χ1v) is 8.97. The Morgan fingerprint density at radius 2 is 2.08 bits per heavy atom. The molecule has 1 amide bonds.